The first-order valence-corrected chi connectivity index (χ1v) is 6.21. The molecule has 0 radical (unpaired) electrons. The number of nitrogens with two attached hydrogens (primary N) is 1. The number of rotatable bonds is 7. The minimum absolute atomic E-state index is 0.0493. The summed E-state index contributed by atoms with van der Waals surface area (Å²) in [7, 11) is 1.67. The normalized spacial score (nSPS) is 12.2. The number of nitrogens with one attached hydrogen (secondary N) is 1. The van der Waals surface area contributed by atoms with Gasteiger partial charge in [-0.1, -0.05) is 24.3 Å². The van der Waals surface area contributed by atoms with Crippen LogP contribution in [0.25, 0.3) is 0 Å². The van der Waals surface area contributed by atoms with Crippen LogP contribution in [-0.4, -0.2) is 19.1 Å². The van der Waals surface area contributed by atoms with Gasteiger partial charge in [-0.2, -0.15) is 0 Å². The Morgan fingerprint density at radius 2 is 1.94 bits per heavy atom. The smallest absolute Gasteiger partial charge is 0.220 e. The van der Waals surface area contributed by atoms with Crippen molar-refractivity contribution >= 4 is 5.91 Å². The van der Waals surface area contributed by atoms with Crippen LogP contribution in [0.15, 0.2) is 24.3 Å². The van der Waals surface area contributed by atoms with Gasteiger partial charge in [0.2, 0.25) is 5.91 Å². The Balaban J connectivity index is 2.32. The molecule has 1 rings (SSSR count). The first kappa shape index (κ1) is 14.7. The third-order valence-corrected chi connectivity index (χ3v) is 2.65. The van der Waals surface area contributed by atoms with Crippen molar-refractivity contribution in [3.8, 4) is 0 Å². The van der Waals surface area contributed by atoms with Gasteiger partial charge in [-0.05, 0) is 24.5 Å². The van der Waals surface area contributed by atoms with E-state index in [0.717, 1.165) is 17.5 Å². The van der Waals surface area contributed by atoms with Crippen LogP contribution in [-0.2, 0) is 22.7 Å². The van der Waals surface area contributed by atoms with E-state index < -0.39 is 0 Å². The molecule has 1 aromatic carbocycles. The summed E-state index contributed by atoms with van der Waals surface area (Å²) in [5.74, 6) is 0.0493. The first-order valence-electron chi connectivity index (χ1n) is 6.21. The van der Waals surface area contributed by atoms with E-state index >= 15 is 0 Å². The van der Waals surface area contributed by atoms with E-state index in [1.54, 1.807) is 7.11 Å². The van der Waals surface area contributed by atoms with Gasteiger partial charge in [-0.25, -0.2) is 0 Å². The largest absolute Gasteiger partial charge is 0.380 e. The summed E-state index contributed by atoms with van der Waals surface area (Å²) in [5.41, 5.74) is 7.82. The van der Waals surface area contributed by atoms with Gasteiger partial charge < -0.3 is 15.8 Å². The van der Waals surface area contributed by atoms with Crippen LogP contribution in [0.3, 0.4) is 0 Å². The summed E-state index contributed by atoms with van der Waals surface area (Å²) in [6.07, 6.45) is 1.21. The average Bonchev–Trinajstić information content (AvgIpc) is 2.36. The van der Waals surface area contributed by atoms with Crippen LogP contribution in [0.2, 0.25) is 0 Å². The molecular weight excluding hydrogens is 228 g/mol. The Hall–Kier alpha value is -1.39. The van der Waals surface area contributed by atoms with Crippen LogP contribution in [0.5, 0.6) is 0 Å². The van der Waals surface area contributed by atoms with Crippen molar-refractivity contribution in [1.29, 1.82) is 0 Å². The number of amides is 1. The summed E-state index contributed by atoms with van der Waals surface area (Å²) in [5, 5.41) is 2.88. The maximum Gasteiger partial charge on any atom is 0.220 e. The molecule has 100 valence electrons. The second-order valence-electron chi connectivity index (χ2n) is 4.54. The van der Waals surface area contributed by atoms with E-state index in [1.807, 2.05) is 31.2 Å². The van der Waals surface area contributed by atoms with Gasteiger partial charge in [0, 0.05) is 26.1 Å². The quantitative estimate of drug-likeness (QED) is 0.772. The summed E-state index contributed by atoms with van der Waals surface area (Å²) in [4.78, 5) is 11.5. The topological polar surface area (TPSA) is 64.3 Å². The van der Waals surface area contributed by atoms with Crippen LogP contribution >= 0.6 is 0 Å². The molecule has 0 spiro atoms. The van der Waals surface area contributed by atoms with Crippen molar-refractivity contribution in [1.82, 2.24) is 5.32 Å². The number of carbonyl (C=O) groups is 1. The van der Waals surface area contributed by atoms with Crippen molar-refractivity contribution in [2.45, 2.75) is 39.0 Å². The van der Waals surface area contributed by atoms with E-state index in [4.69, 9.17) is 10.5 Å². The Morgan fingerprint density at radius 1 is 1.33 bits per heavy atom. The van der Waals surface area contributed by atoms with Gasteiger partial charge >= 0.3 is 0 Å². The Kier molecular flexibility index (Phi) is 6.39. The molecule has 0 aliphatic heterocycles. The second kappa shape index (κ2) is 7.84. The SMILES string of the molecule is COCc1ccc(CNC(=O)CCC(C)N)cc1. The Labute approximate surface area is 109 Å². The van der Waals surface area contributed by atoms with Gasteiger partial charge in [-0.3, -0.25) is 4.79 Å². The van der Waals surface area contributed by atoms with Crippen LogP contribution in [0.4, 0.5) is 0 Å². The van der Waals surface area contributed by atoms with Gasteiger partial charge in [0.15, 0.2) is 0 Å². The monoisotopic (exact) mass is 250 g/mol. The molecule has 3 N–H and O–H groups in total. The zero-order chi connectivity index (χ0) is 13.4. The van der Waals surface area contributed by atoms with Gasteiger partial charge in [0.25, 0.3) is 0 Å². The molecule has 0 heterocycles. The lowest BCUT2D eigenvalue weighted by molar-refractivity contribution is -0.121. The van der Waals surface area contributed by atoms with Crippen LogP contribution < -0.4 is 11.1 Å². The molecule has 4 nitrogen and oxygen atoms in total. The lowest BCUT2D eigenvalue weighted by Gasteiger charge is -2.07. The molecule has 18 heavy (non-hydrogen) atoms. The van der Waals surface area contributed by atoms with Crippen molar-refractivity contribution in [3.05, 3.63) is 35.4 Å². The first-order chi connectivity index (χ1) is 8.61. The second-order valence-corrected chi connectivity index (χ2v) is 4.54. The number of ether oxygens (including phenoxy) is 1. The van der Waals surface area contributed by atoms with E-state index in [1.165, 1.54) is 0 Å². The molecule has 4 heteroatoms. The molecule has 1 aromatic rings. The van der Waals surface area contributed by atoms with Crippen molar-refractivity contribution in [2.75, 3.05) is 7.11 Å². The maximum atomic E-state index is 11.5. The minimum Gasteiger partial charge on any atom is -0.380 e. The predicted octanol–water partition coefficient (Wildman–Crippen LogP) is 1.58. The highest BCUT2D eigenvalue weighted by Gasteiger charge is 2.03. The molecule has 0 aliphatic carbocycles. The number of hydrogen-bond donors (Lipinski definition) is 2. The molecule has 0 fully saturated rings. The fourth-order valence-electron chi connectivity index (χ4n) is 1.57. The van der Waals surface area contributed by atoms with E-state index in [0.29, 0.717) is 19.6 Å². The van der Waals surface area contributed by atoms with E-state index in [9.17, 15) is 4.79 Å². The van der Waals surface area contributed by atoms with Crippen LogP contribution in [0.1, 0.15) is 30.9 Å². The molecular formula is C14H22N2O2. The van der Waals surface area contributed by atoms with Gasteiger partial charge in [0.05, 0.1) is 6.61 Å². The zero-order valence-corrected chi connectivity index (χ0v) is 11.1. The summed E-state index contributed by atoms with van der Waals surface area (Å²) >= 11 is 0. The van der Waals surface area contributed by atoms with Crippen molar-refractivity contribution < 1.29 is 9.53 Å². The molecule has 0 aromatic heterocycles. The predicted molar refractivity (Wildman–Crippen MR) is 71.9 cm³/mol. The lowest BCUT2D eigenvalue weighted by Crippen LogP contribution is -2.25. The number of hydrogen-bond acceptors (Lipinski definition) is 3. The molecule has 1 unspecified atom stereocenters. The van der Waals surface area contributed by atoms with Crippen LogP contribution in [0, 0.1) is 0 Å². The summed E-state index contributed by atoms with van der Waals surface area (Å²) in [6, 6.07) is 8.09. The maximum absolute atomic E-state index is 11.5. The standard InChI is InChI=1S/C14H22N2O2/c1-11(15)3-8-14(17)16-9-12-4-6-13(7-5-12)10-18-2/h4-7,11H,3,8-10,15H2,1-2H3,(H,16,17). The molecule has 0 bridgehead atoms. The lowest BCUT2D eigenvalue weighted by atomic mass is 10.1. The fourth-order valence-corrected chi connectivity index (χ4v) is 1.57. The Morgan fingerprint density at radius 3 is 2.50 bits per heavy atom. The molecule has 0 saturated carbocycles. The van der Waals surface area contributed by atoms with Gasteiger partial charge in [0.1, 0.15) is 0 Å². The highest BCUT2D eigenvalue weighted by atomic mass is 16.5. The molecule has 0 saturated heterocycles. The van der Waals surface area contributed by atoms with E-state index in [2.05, 4.69) is 5.32 Å². The van der Waals surface area contributed by atoms with Crippen molar-refractivity contribution in [3.63, 3.8) is 0 Å². The summed E-state index contributed by atoms with van der Waals surface area (Å²) in [6.45, 7) is 3.08. The van der Waals surface area contributed by atoms with Gasteiger partial charge in [-0.15, -0.1) is 0 Å². The average molecular weight is 250 g/mol. The highest BCUT2D eigenvalue weighted by molar-refractivity contribution is 5.75. The minimum atomic E-state index is 0.0493. The van der Waals surface area contributed by atoms with E-state index in [-0.39, 0.29) is 11.9 Å². The number of carbonyl (C=O) groups excluding carboxylic acids is 1. The fraction of sp³-hybridized carbons (Fsp3) is 0.500. The molecule has 0 aliphatic rings. The molecule has 1 atom stereocenters. The summed E-state index contributed by atoms with van der Waals surface area (Å²) < 4.78 is 5.04. The number of benzene rings is 1. The third-order valence-electron chi connectivity index (χ3n) is 2.65. The van der Waals surface area contributed by atoms with Crippen molar-refractivity contribution in [2.24, 2.45) is 5.73 Å². The molecule has 1 amide bonds. The third kappa shape index (κ3) is 5.80. The Bertz CT molecular complexity index is 361. The number of methoxy groups -OCH3 is 1. The zero-order valence-electron chi connectivity index (χ0n) is 11.1. The highest BCUT2D eigenvalue weighted by Crippen LogP contribution is 2.05.